The Labute approximate surface area is 82.9 Å². The number of nitrogens with two attached hydrogens (primary N) is 1. The average Bonchev–Trinajstić information content (AvgIpc) is 2.18. The second kappa shape index (κ2) is 5.25. The molecule has 14 heavy (non-hydrogen) atoms. The lowest BCUT2D eigenvalue weighted by atomic mass is 10.2. The maximum Gasteiger partial charge on any atom is 0.135 e. The average molecular weight is 193 g/mol. The molecule has 1 aromatic carbocycles. The van der Waals surface area contributed by atoms with Crippen LogP contribution in [0.3, 0.4) is 0 Å². The van der Waals surface area contributed by atoms with Crippen LogP contribution in [-0.2, 0) is 0 Å². The van der Waals surface area contributed by atoms with Crippen LogP contribution in [0.4, 0.5) is 4.39 Å². The van der Waals surface area contributed by atoms with Gasteiger partial charge >= 0.3 is 0 Å². The molecule has 0 radical (unpaired) electrons. The van der Waals surface area contributed by atoms with E-state index in [1.54, 1.807) is 6.07 Å². The van der Waals surface area contributed by atoms with Gasteiger partial charge in [0, 0.05) is 0 Å². The van der Waals surface area contributed by atoms with E-state index >= 15 is 0 Å². The van der Waals surface area contributed by atoms with Crippen molar-refractivity contribution in [2.75, 3.05) is 13.2 Å². The summed E-state index contributed by atoms with van der Waals surface area (Å²) in [5, 5.41) is 0. The molecule has 0 spiro atoms. The van der Waals surface area contributed by atoms with Crippen LogP contribution in [0.5, 0.6) is 5.75 Å². The van der Waals surface area contributed by atoms with Gasteiger partial charge in [-0.05, 0) is 25.1 Å². The van der Waals surface area contributed by atoms with Crippen LogP contribution in [0.1, 0.15) is 12.5 Å². The molecule has 74 valence electrons. The zero-order valence-corrected chi connectivity index (χ0v) is 8.01. The van der Waals surface area contributed by atoms with E-state index in [0.29, 0.717) is 17.9 Å². The van der Waals surface area contributed by atoms with Gasteiger partial charge in [-0.3, -0.25) is 0 Å². The second-order valence-electron chi connectivity index (χ2n) is 2.58. The lowest BCUT2D eigenvalue weighted by molar-refractivity contribution is 0.338. The van der Waals surface area contributed by atoms with Gasteiger partial charge in [-0.25, -0.2) is 4.39 Å². The van der Waals surface area contributed by atoms with Crippen molar-refractivity contribution in [2.24, 2.45) is 5.73 Å². The summed E-state index contributed by atoms with van der Waals surface area (Å²) in [6.45, 7) is 2.65. The van der Waals surface area contributed by atoms with Gasteiger partial charge in [0.05, 0.1) is 18.7 Å². The topological polar surface area (TPSA) is 35.2 Å². The molecule has 3 heteroatoms. The van der Waals surface area contributed by atoms with Gasteiger partial charge in [-0.1, -0.05) is 11.8 Å². The molecule has 0 amide bonds. The molecule has 0 aliphatic rings. The highest BCUT2D eigenvalue weighted by molar-refractivity contribution is 5.46. The summed E-state index contributed by atoms with van der Waals surface area (Å²) in [4.78, 5) is 0. The number of benzene rings is 1. The Kier molecular flexibility index (Phi) is 3.96. The molecule has 2 nitrogen and oxygen atoms in total. The lowest BCUT2D eigenvalue weighted by Gasteiger charge is -2.04. The molecule has 2 N–H and O–H groups in total. The maximum absolute atomic E-state index is 12.9. The highest BCUT2D eigenvalue weighted by atomic mass is 19.1. The van der Waals surface area contributed by atoms with Crippen LogP contribution in [-0.4, -0.2) is 13.2 Å². The van der Waals surface area contributed by atoms with Gasteiger partial charge in [0.2, 0.25) is 0 Å². The third-order valence-electron chi connectivity index (χ3n) is 1.57. The maximum atomic E-state index is 12.9. The molecule has 0 aliphatic carbocycles. The minimum absolute atomic E-state index is 0.252. The van der Waals surface area contributed by atoms with Gasteiger partial charge in [0.1, 0.15) is 11.6 Å². The first kappa shape index (κ1) is 10.6. The first-order chi connectivity index (χ1) is 6.77. The third kappa shape index (κ3) is 2.75. The summed E-state index contributed by atoms with van der Waals surface area (Å²) < 4.78 is 18.1. The summed E-state index contributed by atoms with van der Waals surface area (Å²) in [6.07, 6.45) is 0. The Morgan fingerprint density at radius 2 is 2.29 bits per heavy atom. The SMILES string of the molecule is CCOc1ccc(F)cc1C#CCN. The summed E-state index contributed by atoms with van der Waals surface area (Å²) in [5.41, 5.74) is 5.77. The normalized spacial score (nSPS) is 9.07. The van der Waals surface area contributed by atoms with Crippen molar-refractivity contribution < 1.29 is 9.13 Å². The number of hydrogen-bond acceptors (Lipinski definition) is 2. The van der Waals surface area contributed by atoms with Crippen molar-refractivity contribution in [1.82, 2.24) is 0 Å². The zero-order valence-electron chi connectivity index (χ0n) is 8.01. The van der Waals surface area contributed by atoms with Crippen LogP contribution < -0.4 is 10.5 Å². The molecule has 0 heterocycles. The van der Waals surface area contributed by atoms with Gasteiger partial charge in [0.15, 0.2) is 0 Å². The zero-order chi connectivity index (χ0) is 10.4. The molecule has 0 saturated heterocycles. The standard InChI is InChI=1S/C11H12FNO/c1-2-14-11-6-5-10(12)8-9(11)4-3-7-13/h5-6,8H,2,7,13H2,1H3. The van der Waals surface area contributed by atoms with E-state index in [9.17, 15) is 4.39 Å². The van der Waals surface area contributed by atoms with Gasteiger partial charge in [0.25, 0.3) is 0 Å². The third-order valence-corrected chi connectivity index (χ3v) is 1.57. The molecule has 0 aromatic heterocycles. The molecule has 0 saturated carbocycles. The van der Waals surface area contributed by atoms with Crippen molar-refractivity contribution in [3.05, 3.63) is 29.6 Å². The largest absolute Gasteiger partial charge is 0.493 e. The molecule has 0 unspecified atom stereocenters. The van der Waals surface area contributed by atoms with E-state index in [4.69, 9.17) is 10.5 Å². The van der Waals surface area contributed by atoms with Crippen molar-refractivity contribution in [3.63, 3.8) is 0 Å². The van der Waals surface area contributed by atoms with E-state index < -0.39 is 0 Å². The minimum atomic E-state index is -0.324. The predicted octanol–water partition coefficient (Wildman–Crippen LogP) is 1.53. The fourth-order valence-corrected chi connectivity index (χ4v) is 1.03. The molecule has 1 rings (SSSR count). The summed E-state index contributed by atoms with van der Waals surface area (Å²) in [7, 11) is 0. The Morgan fingerprint density at radius 1 is 1.50 bits per heavy atom. The van der Waals surface area contributed by atoms with Crippen molar-refractivity contribution in [1.29, 1.82) is 0 Å². The fraction of sp³-hybridized carbons (Fsp3) is 0.273. The highest BCUT2D eigenvalue weighted by Gasteiger charge is 2.01. The highest BCUT2D eigenvalue weighted by Crippen LogP contribution is 2.18. The van der Waals surface area contributed by atoms with Crippen LogP contribution in [0.15, 0.2) is 18.2 Å². The monoisotopic (exact) mass is 193 g/mol. The summed E-state index contributed by atoms with van der Waals surface area (Å²) >= 11 is 0. The molecular weight excluding hydrogens is 181 g/mol. The molecule has 0 fully saturated rings. The van der Waals surface area contributed by atoms with Crippen LogP contribution in [0, 0.1) is 17.7 Å². The summed E-state index contributed by atoms with van der Waals surface area (Å²) in [6, 6.07) is 4.26. The van der Waals surface area contributed by atoms with Crippen LogP contribution in [0.25, 0.3) is 0 Å². The number of halogens is 1. The van der Waals surface area contributed by atoms with Gasteiger partial charge in [-0.15, -0.1) is 0 Å². The minimum Gasteiger partial charge on any atom is -0.493 e. The number of rotatable bonds is 2. The Balaban J connectivity index is 3.02. The smallest absolute Gasteiger partial charge is 0.135 e. The predicted molar refractivity (Wildman–Crippen MR) is 53.5 cm³/mol. The summed E-state index contributed by atoms with van der Waals surface area (Å²) in [5.74, 6) is 5.69. The van der Waals surface area contributed by atoms with Gasteiger partial charge in [-0.2, -0.15) is 0 Å². The Bertz CT molecular complexity index is 365. The van der Waals surface area contributed by atoms with Crippen molar-refractivity contribution in [3.8, 4) is 17.6 Å². The molecular formula is C11H12FNO. The number of hydrogen-bond donors (Lipinski definition) is 1. The van der Waals surface area contributed by atoms with Gasteiger partial charge < -0.3 is 10.5 Å². The van der Waals surface area contributed by atoms with Crippen molar-refractivity contribution >= 4 is 0 Å². The molecule has 1 aromatic rings. The fourth-order valence-electron chi connectivity index (χ4n) is 1.03. The quantitative estimate of drug-likeness (QED) is 0.723. The molecule has 0 bridgehead atoms. The second-order valence-corrected chi connectivity index (χ2v) is 2.58. The van der Waals surface area contributed by atoms with E-state index in [1.807, 2.05) is 6.92 Å². The van der Waals surface area contributed by atoms with Crippen LogP contribution in [0.2, 0.25) is 0 Å². The number of ether oxygens (including phenoxy) is 1. The first-order valence-electron chi connectivity index (χ1n) is 4.39. The van der Waals surface area contributed by atoms with E-state index in [1.165, 1.54) is 12.1 Å². The Morgan fingerprint density at radius 3 is 2.93 bits per heavy atom. The van der Waals surface area contributed by atoms with E-state index in [-0.39, 0.29) is 12.4 Å². The lowest BCUT2D eigenvalue weighted by Crippen LogP contribution is -1.96. The first-order valence-corrected chi connectivity index (χ1v) is 4.39. The van der Waals surface area contributed by atoms with E-state index in [2.05, 4.69) is 11.8 Å². The van der Waals surface area contributed by atoms with Crippen LogP contribution >= 0.6 is 0 Å². The van der Waals surface area contributed by atoms with Crippen molar-refractivity contribution in [2.45, 2.75) is 6.92 Å². The molecule has 0 atom stereocenters. The van der Waals surface area contributed by atoms with E-state index in [0.717, 1.165) is 0 Å². The molecule has 0 aliphatic heterocycles. The Hall–Kier alpha value is -1.53.